The van der Waals surface area contributed by atoms with Crippen molar-refractivity contribution in [3.63, 3.8) is 0 Å². The summed E-state index contributed by atoms with van der Waals surface area (Å²) in [7, 11) is 0. The first-order chi connectivity index (χ1) is 8.70. The number of rotatable bonds is 3. The molecular weight excluding hydrogens is 242 g/mol. The Morgan fingerprint density at radius 1 is 1.00 bits per heavy atom. The maximum Gasteiger partial charge on any atom is 0.0406 e. The third kappa shape index (κ3) is 2.73. The zero-order chi connectivity index (χ0) is 12.5. The maximum atomic E-state index is 5.92. The topological polar surface area (TPSA) is 12.0 Å². The second kappa shape index (κ2) is 5.22. The smallest absolute Gasteiger partial charge is 0.0406 e. The van der Waals surface area contributed by atoms with Crippen molar-refractivity contribution < 1.29 is 0 Å². The third-order valence-corrected chi connectivity index (χ3v) is 4.90. The van der Waals surface area contributed by atoms with Crippen LogP contribution in [0.1, 0.15) is 50.5 Å². The Morgan fingerprint density at radius 3 is 2.33 bits per heavy atom. The summed E-state index contributed by atoms with van der Waals surface area (Å²) in [5.41, 5.74) is 1.46. The van der Waals surface area contributed by atoms with E-state index in [1.165, 1.54) is 37.7 Å². The lowest BCUT2D eigenvalue weighted by Gasteiger charge is -2.38. The number of benzene rings is 1. The molecule has 0 heterocycles. The van der Waals surface area contributed by atoms with E-state index in [1.54, 1.807) is 0 Å². The van der Waals surface area contributed by atoms with E-state index < -0.39 is 0 Å². The summed E-state index contributed by atoms with van der Waals surface area (Å²) in [5.74, 6) is 1.67. The molecule has 1 aromatic carbocycles. The molecule has 0 aliphatic heterocycles. The van der Waals surface area contributed by atoms with Gasteiger partial charge in [0.1, 0.15) is 0 Å². The van der Waals surface area contributed by atoms with E-state index in [1.807, 2.05) is 12.1 Å². The highest BCUT2D eigenvalue weighted by Crippen LogP contribution is 2.38. The Kier molecular flexibility index (Phi) is 3.63. The molecule has 2 unspecified atom stereocenters. The van der Waals surface area contributed by atoms with Crippen LogP contribution < -0.4 is 5.32 Å². The Balaban J connectivity index is 1.47. The second-order valence-electron chi connectivity index (χ2n) is 6.20. The van der Waals surface area contributed by atoms with Crippen molar-refractivity contribution >= 4 is 11.6 Å². The highest BCUT2D eigenvalue weighted by Gasteiger charge is 2.33. The van der Waals surface area contributed by atoms with Crippen molar-refractivity contribution in [1.29, 1.82) is 0 Å². The van der Waals surface area contributed by atoms with Gasteiger partial charge in [-0.15, -0.1) is 0 Å². The highest BCUT2D eigenvalue weighted by molar-refractivity contribution is 6.30. The van der Waals surface area contributed by atoms with Crippen LogP contribution in [0.5, 0.6) is 0 Å². The Bertz CT molecular complexity index is 394. The molecule has 0 spiro atoms. The van der Waals surface area contributed by atoms with Crippen molar-refractivity contribution in [3.05, 3.63) is 34.9 Å². The van der Waals surface area contributed by atoms with Gasteiger partial charge in [0, 0.05) is 17.1 Å². The summed E-state index contributed by atoms with van der Waals surface area (Å²) in [4.78, 5) is 0. The molecule has 18 heavy (non-hydrogen) atoms. The van der Waals surface area contributed by atoms with E-state index in [-0.39, 0.29) is 0 Å². The lowest BCUT2D eigenvalue weighted by atomic mass is 9.75. The monoisotopic (exact) mass is 263 g/mol. The van der Waals surface area contributed by atoms with E-state index in [4.69, 9.17) is 11.6 Å². The standard InChI is InChI=1S/C16H22ClN/c1-11-2-7-15(8-11)18-16-9-13(10-16)12-3-5-14(17)6-4-12/h3-6,11,13,15-16,18H,2,7-10H2,1H3. The van der Waals surface area contributed by atoms with Gasteiger partial charge in [-0.2, -0.15) is 0 Å². The molecule has 1 N–H and O–H groups in total. The maximum absolute atomic E-state index is 5.92. The van der Waals surface area contributed by atoms with Crippen LogP contribution >= 0.6 is 11.6 Å². The zero-order valence-electron chi connectivity index (χ0n) is 11.0. The van der Waals surface area contributed by atoms with Crippen LogP contribution in [0.4, 0.5) is 0 Å². The molecule has 1 nitrogen and oxygen atoms in total. The third-order valence-electron chi connectivity index (χ3n) is 4.65. The van der Waals surface area contributed by atoms with Gasteiger partial charge in [-0.05, 0) is 61.6 Å². The van der Waals surface area contributed by atoms with Crippen molar-refractivity contribution in [2.24, 2.45) is 5.92 Å². The molecule has 0 amide bonds. The summed E-state index contributed by atoms with van der Waals surface area (Å²) in [6.45, 7) is 2.37. The van der Waals surface area contributed by atoms with Crippen molar-refractivity contribution in [3.8, 4) is 0 Å². The molecule has 0 bridgehead atoms. The van der Waals surface area contributed by atoms with Gasteiger partial charge in [-0.25, -0.2) is 0 Å². The molecule has 2 aliphatic rings. The van der Waals surface area contributed by atoms with Crippen molar-refractivity contribution in [2.75, 3.05) is 0 Å². The van der Waals surface area contributed by atoms with Crippen LogP contribution in [-0.4, -0.2) is 12.1 Å². The predicted octanol–water partition coefficient (Wildman–Crippen LogP) is 4.36. The van der Waals surface area contributed by atoms with Gasteiger partial charge in [0.05, 0.1) is 0 Å². The molecule has 0 aromatic heterocycles. The van der Waals surface area contributed by atoms with E-state index >= 15 is 0 Å². The molecule has 1 aromatic rings. The Labute approximate surface area is 115 Å². The van der Waals surface area contributed by atoms with Gasteiger partial charge < -0.3 is 5.32 Å². The van der Waals surface area contributed by atoms with Crippen LogP contribution in [0, 0.1) is 5.92 Å². The largest absolute Gasteiger partial charge is 0.311 e. The number of hydrogen-bond donors (Lipinski definition) is 1. The molecule has 3 rings (SSSR count). The number of nitrogens with one attached hydrogen (secondary N) is 1. The first kappa shape index (κ1) is 12.5. The van der Waals surface area contributed by atoms with Gasteiger partial charge in [0.2, 0.25) is 0 Å². The van der Waals surface area contributed by atoms with Crippen LogP contribution in [0.25, 0.3) is 0 Å². The fourth-order valence-corrected chi connectivity index (χ4v) is 3.58. The highest BCUT2D eigenvalue weighted by atomic mass is 35.5. The zero-order valence-corrected chi connectivity index (χ0v) is 11.8. The quantitative estimate of drug-likeness (QED) is 0.854. The summed E-state index contributed by atoms with van der Waals surface area (Å²) in [5, 5.41) is 4.67. The minimum atomic E-state index is 0.749. The molecule has 2 aliphatic carbocycles. The van der Waals surface area contributed by atoms with Gasteiger partial charge in [-0.1, -0.05) is 30.7 Å². The first-order valence-electron chi connectivity index (χ1n) is 7.22. The molecule has 2 atom stereocenters. The summed E-state index contributed by atoms with van der Waals surface area (Å²) >= 11 is 5.92. The fourth-order valence-electron chi connectivity index (χ4n) is 3.45. The summed E-state index contributed by atoms with van der Waals surface area (Å²) in [6, 6.07) is 9.92. The molecule has 0 saturated heterocycles. The average Bonchev–Trinajstić information content (AvgIpc) is 2.71. The molecule has 98 valence electrons. The van der Waals surface area contributed by atoms with Crippen LogP contribution in [0.2, 0.25) is 5.02 Å². The number of halogens is 1. The predicted molar refractivity (Wildman–Crippen MR) is 77.2 cm³/mol. The van der Waals surface area contributed by atoms with E-state index in [9.17, 15) is 0 Å². The first-order valence-corrected chi connectivity index (χ1v) is 7.60. The van der Waals surface area contributed by atoms with Crippen LogP contribution in [-0.2, 0) is 0 Å². The van der Waals surface area contributed by atoms with Crippen molar-refractivity contribution in [2.45, 2.75) is 57.0 Å². The SMILES string of the molecule is CC1CCC(NC2CC(c3ccc(Cl)cc3)C2)C1. The molecule has 2 fully saturated rings. The molecule has 0 radical (unpaired) electrons. The number of hydrogen-bond acceptors (Lipinski definition) is 1. The lowest BCUT2D eigenvalue weighted by molar-refractivity contribution is 0.263. The average molecular weight is 264 g/mol. The molecule has 2 heteroatoms. The summed E-state index contributed by atoms with van der Waals surface area (Å²) in [6.07, 6.45) is 6.76. The van der Waals surface area contributed by atoms with Crippen LogP contribution in [0.3, 0.4) is 0 Å². The van der Waals surface area contributed by atoms with Crippen molar-refractivity contribution in [1.82, 2.24) is 5.32 Å². The fraction of sp³-hybridized carbons (Fsp3) is 0.625. The normalized spacial score (nSPS) is 35.4. The van der Waals surface area contributed by atoms with Crippen LogP contribution in [0.15, 0.2) is 24.3 Å². The van der Waals surface area contributed by atoms with Gasteiger partial charge >= 0.3 is 0 Å². The van der Waals surface area contributed by atoms with Gasteiger partial charge in [0.15, 0.2) is 0 Å². The minimum absolute atomic E-state index is 0.749. The van der Waals surface area contributed by atoms with Gasteiger partial charge in [0.25, 0.3) is 0 Å². The minimum Gasteiger partial charge on any atom is -0.311 e. The lowest BCUT2D eigenvalue weighted by Crippen LogP contribution is -2.44. The van der Waals surface area contributed by atoms with Gasteiger partial charge in [-0.3, -0.25) is 0 Å². The molecule has 2 saturated carbocycles. The second-order valence-corrected chi connectivity index (χ2v) is 6.64. The van der Waals surface area contributed by atoms with E-state index in [0.717, 1.165) is 28.9 Å². The molecular formula is C16H22ClN. The van der Waals surface area contributed by atoms with E-state index in [2.05, 4.69) is 24.4 Å². The van der Waals surface area contributed by atoms with E-state index in [0.29, 0.717) is 0 Å². The summed E-state index contributed by atoms with van der Waals surface area (Å²) < 4.78 is 0. The Morgan fingerprint density at radius 2 is 1.72 bits per heavy atom. The Hall–Kier alpha value is -0.530.